The minimum absolute atomic E-state index is 0.0116. The minimum atomic E-state index is -1.24. The molecule has 0 bridgehead atoms. The number of nitrogens with zero attached hydrogens (tertiary/aromatic N) is 8. The summed E-state index contributed by atoms with van der Waals surface area (Å²) in [6.07, 6.45) is 0.929. The Morgan fingerprint density at radius 1 is 0.691 bits per heavy atom. The molecule has 0 fully saturated rings. The predicted molar refractivity (Wildman–Crippen MR) is 290 cm³/mol. The standard InChI is InChI=1S/C51H78N16O14/c1-31(69)65(78)24-8-11-35(27-42(73)40(14-10-26-67(80)33(3)71)60-50(77)38(53)12-9-25-66(79)32(2)70)48(75)56-23-7-15-41(72)39(13-5-6-22-52)59-43(74)20-21-44(81-30-68)61-49(76)34-16-18-37(19-17-34)64(4)29-36-28-57-47-45(58-36)46(54)62-51(55)63-47/h16-19,28,30,35,38-40,44,78-80H,5-15,20-27,29,52-53H2,1-4H3,(H,56,75)(H,59,74)(H,60,77)(H,61,76)(H4,54,55,57,62,63)/t35-,38+,39+,40+,44+/m1/s1. The summed E-state index contributed by atoms with van der Waals surface area (Å²) < 4.78 is 5.09. The minimum Gasteiger partial charge on any atom is -0.444 e. The number of ketones is 2. The number of unbranched alkanes of at least 4 members (excludes halogenated alkanes) is 1. The van der Waals surface area contributed by atoms with E-state index in [0.717, 1.165) is 20.8 Å². The summed E-state index contributed by atoms with van der Waals surface area (Å²) in [5.74, 6) is -6.43. The van der Waals surface area contributed by atoms with E-state index in [4.69, 9.17) is 27.7 Å². The first kappa shape index (κ1) is 67.2. The molecule has 0 aliphatic heterocycles. The van der Waals surface area contributed by atoms with Crippen LogP contribution >= 0.6 is 0 Å². The molecule has 0 unspecified atom stereocenters. The largest absolute Gasteiger partial charge is 0.444 e. The molecule has 5 atom stereocenters. The number of aromatic nitrogens is 4. The Labute approximate surface area is 468 Å². The predicted octanol–water partition coefficient (Wildman–Crippen LogP) is -0.250. The van der Waals surface area contributed by atoms with E-state index in [-0.39, 0.29) is 132 Å². The fourth-order valence-electron chi connectivity index (χ4n) is 8.16. The number of carbonyl (C=O) groups is 10. The summed E-state index contributed by atoms with van der Waals surface area (Å²) in [6, 6.07) is 3.13. The number of benzene rings is 1. The molecule has 7 amide bonds. The maximum absolute atomic E-state index is 13.9. The molecule has 30 heteroatoms. The van der Waals surface area contributed by atoms with Gasteiger partial charge < -0.3 is 53.8 Å². The Hall–Kier alpha value is -8.06. The molecule has 81 heavy (non-hydrogen) atoms. The number of hydrogen-bond acceptors (Lipinski definition) is 23. The van der Waals surface area contributed by atoms with Crippen molar-refractivity contribution in [3.8, 4) is 0 Å². The van der Waals surface area contributed by atoms with Crippen LogP contribution < -0.4 is 49.1 Å². The molecule has 3 rings (SSSR count). The highest BCUT2D eigenvalue weighted by atomic mass is 16.5. The number of Topliss-reactive ketones (excluding diaryl/α,β-unsaturated/α-hetero) is 2. The van der Waals surface area contributed by atoms with E-state index < -0.39 is 83.8 Å². The van der Waals surface area contributed by atoms with Gasteiger partial charge in [-0.2, -0.15) is 9.97 Å². The summed E-state index contributed by atoms with van der Waals surface area (Å²) in [7, 11) is 1.80. The van der Waals surface area contributed by atoms with Crippen LogP contribution in [0.4, 0.5) is 17.5 Å². The van der Waals surface area contributed by atoms with Gasteiger partial charge in [-0.15, -0.1) is 0 Å². The van der Waals surface area contributed by atoms with Crippen LogP contribution in [0.2, 0.25) is 0 Å². The normalized spacial score (nSPS) is 12.9. The lowest BCUT2D eigenvalue weighted by molar-refractivity contribution is -0.163. The fraction of sp³-hybridized carbons (Fsp3) is 0.569. The van der Waals surface area contributed by atoms with E-state index in [1.165, 1.54) is 6.20 Å². The number of ether oxygens (including phenoxy) is 1. The van der Waals surface area contributed by atoms with Crippen molar-refractivity contribution in [3.05, 3.63) is 41.7 Å². The van der Waals surface area contributed by atoms with Gasteiger partial charge in [0, 0.05) is 96.8 Å². The van der Waals surface area contributed by atoms with Gasteiger partial charge in [0.25, 0.3) is 12.4 Å². The average Bonchev–Trinajstić information content (AvgIpc) is 3.44. The smallest absolute Gasteiger partial charge is 0.295 e. The highest BCUT2D eigenvalue weighted by Gasteiger charge is 2.30. The maximum Gasteiger partial charge on any atom is 0.295 e. The molecule has 0 saturated carbocycles. The molecule has 0 aliphatic rings. The Balaban J connectivity index is 1.61. The summed E-state index contributed by atoms with van der Waals surface area (Å²) in [6.45, 7) is 3.66. The number of hydrogen-bond donors (Lipinski definition) is 11. The third-order valence-electron chi connectivity index (χ3n) is 12.8. The molecular formula is C51H78N16O14. The number of rotatable bonds is 38. The molecule has 2 aromatic heterocycles. The van der Waals surface area contributed by atoms with Gasteiger partial charge in [-0.1, -0.05) is 0 Å². The summed E-state index contributed by atoms with van der Waals surface area (Å²) in [5.41, 5.74) is 25.4. The molecule has 30 nitrogen and oxygen atoms in total. The van der Waals surface area contributed by atoms with Crippen LogP contribution in [0.1, 0.15) is 127 Å². The molecule has 2 heterocycles. The molecule has 0 radical (unpaired) electrons. The molecule has 0 aliphatic carbocycles. The van der Waals surface area contributed by atoms with E-state index in [9.17, 15) is 63.6 Å². The van der Waals surface area contributed by atoms with Crippen molar-refractivity contribution in [1.82, 2.24) is 56.4 Å². The number of anilines is 3. The number of hydroxylamine groups is 6. The van der Waals surface area contributed by atoms with E-state index in [0.29, 0.717) is 58.0 Å². The lowest BCUT2D eigenvalue weighted by Gasteiger charge is -2.24. The van der Waals surface area contributed by atoms with Gasteiger partial charge in [-0.05, 0) is 95.0 Å². The zero-order valence-electron chi connectivity index (χ0n) is 46.2. The van der Waals surface area contributed by atoms with Crippen LogP contribution in [0.5, 0.6) is 0 Å². The number of carbonyl (C=O) groups excluding carboxylic acids is 10. The highest BCUT2D eigenvalue weighted by Crippen LogP contribution is 2.20. The van der Waals surface area contributed by atoms with Gasteiger partial charge in [0.1, 0.15) is 0 Å². The van der Waals surface area contributed by atoms with Crippen molar-refractivity contribution in [2.75, 3.05) is 56.1 Å². The van der Waals surface area contributed by atoms with E-state index in [2.05, 4.69) is 41.2 Å². The first-order chi connectivity index (χ1) is 38.4. The lowest BCUT2D eigenvalue weighted by Crippen LogP contribution is -2.49. The van der Waals surface area contributed by atoms with E-state index in [1.807, 2.05) is 4.90 Å². The van der Waals surface area contributed by atoms with Crippen LogP contribution in [-0.4, -0.2) is 174 Å². The second kappa shape index (κ2) is 34.8. The van der Waals surface area contributed by atoms with Crippen LogP contribution in [0, 0.1) is 5.92 Å². The molecular weight excluding hydrogens is 1060 g/mol. The molecule has 15 N–H and O–H groups in total. The zero-order chi connectivity index (χ0) is 60.2. The summed E-state index contributed by atoms with van der Waals surface area (Å²) >= 11 is 0. The second-order valence-electron chi connectivity index (χ2n) is 19.3. The van der Waals surface area contributed by atoms with Crippen molar-refractivity contribution in [2.24, 2.45) is 17.4 Å². The summed E-state index contributed by atoms with van der Waals surface area (Å²) in [5, 5.41) is 41.5. The highest BCUT2D eigenvalue weighted by molar-refractivity contribution is 5.95. The first-order valence-corrected chi connectivity index (χ1v) is 26.5. The van der Waals surface area contributed by atoms with Crippen LogP contribution in [0.15, 0.2) is 30.5 Å². The Kier molecular flexibility index (Phi) is 28.9. The van der Waals surface area contributed by atoms with Crippen molar-refractivity contribution in [1.29, 1.82) is 0 Å². The fourth-order valence-corrected chi connectivity index (χ4v) is 8.16. The molecule has 1 aromatic carbocycles. The topological polar surface area (TPSA) is 457 Å². The molecule has 0 saturated heterocycles. The first-order valence-electron chi connectivity index (χ1n) is 26.5. The van der Waals surface area contributed by atoms with Crippen molar-refractivity contribution in [2.45, 2.75) is 142 Å². The van der Waals surface area contributed by atoms with Gasteiger partial charge in [0.15, 0.2) is 34.8 Å². The van der Waals surface area contributed by atoms with Crippen LogP contribution in [0.25, 0.3) is 11.2 Å². The van der Waals surface area contributed by atoms with Gasteiger partial charge in [-0.25, -0.2) is 25.2 Å². The number of amides is 7. The summed E-state index contributed by atoms with van der Waals surface area (Å²) in [4.78, 5) is 146. The van der Waals surface area contributed by atoms with Crippen molar-refractivity contribution >= 4 is 88.0 Å². The van der Waals surface area contributed by atoms with Crippen LogP contribution in [0.3, 0.4) is 0 Å². The van der Waals surface area contributed by atoms with Crippen molar-refractivity contribution < 1.29 is 68.3 Å². The van der Waals surface area contributed by atoms with Gasteiger partial charge in [-0.3, -0.25) is 63.6 Å². The van der Waals surface area contributed by atoms with Crippen molar-refractivity contribution in [3.63, 3.8) is 0 Å². The number of nitrogens with one attached hydrogen (secondary N) is 4. The van der Waals surface area contributed by atoms with Gasteiger partial charge >= 0.3 is 0 Å². The quantitative estimate of drug-likeness (QED) is 0.0116. The maximum atomic E-state index is 13.9. The third-order valence-corrected chi connectivity index (χ3v) is 12.8. The zero-order valence-corrected chi connectivity index (χ0v) is 46.2. The van der Waals surface area contributed by atoms with E-state index >= 15 is 0 Å². The van der Waals surface area contributed by atoms with Crippen LogP contribution in [-0.2, 0) is 54.4 Å². The Bertz CT molecular complexity index is 2610. The Morgan fingerprint density at radius 2 is 1.28 bits per heavy atom. The number of fused-ring (bicyclic) bond motifs is 1. The molecule has 446 valence electrons. The SMILES string of the molecule is CC(=O)N(O)CCC[C@H](CC(=O)[C@H](CCCN(O)C(C)=O)NC(=O)[C@@H](N)CCCN(O)C(C)=O)C(=O)NCCCC(=O)[C@H](CCCCN)NC(=O)CC[C@@H](NC(=O)c1ccc(N(C)Cc2cnc3nc(N)nc(N)c3n2)cc1)OC=O. The van der Waals surface area contributed by atoms with Gasteiger partial charge in [0.05, 0.1) is 36.6 Å². The third kappa shape index (κ3) is 24.1. The molecule has 0 spiro atoms. The molecule has 3 aromatic rings. The van der Waals surface area contributed by atoms with Gasteiger partial charge in [0.2, 0.25) is 41.4 Å². The number of nitrogens with two attached hydrogens (primary N) is 4. The lowest BCUT2D eigenvalue weighted by atomic mass is 9.91. The monoisotopic (exact) mass is 1140 g/mol. The average molecular weight is 1140 g/mol. The van der Waals surface area contributed by atoms with E-state index in [1.54, 1.807) is 31.3 Å². The number of nitrogen functional groups attached to an aromatic ring is 2. The second-order valence-corrected chi connectivity index (χ2v) is 19.3. The Morgan fingerprint density at radius 3 is 1.89 bits per heavy atom.